The standard InChI is InChI=1S/C14H20Cl2N2O4S/c1-17-23(20,21)11-5-6-13(22-2)12(8-11)14(19)18-9-10(16)4-3-7-15/h5-6,8,10,17H,3-4,7,9H2,1-2H3,(H,18,19). The number of carbonyl (C=O) groups excluding carboxylic acids is 1. The first-order chi connectivity index (χ1) is 10.9. The fourth-order valence-electron chi connectivity index (χ4n) is 1.85. The minimum absolute atomic E-state index is 0.0180. The van der Waals surface area contributed by atoms with E-state index in [4.69, 9.17) is 27.9 Å². The van der Waals surface area contributed by atoms with E-state index in [1.165, 1.54) is 32.4 Å². The number of carbonyl (C=O) groups is 1. The Morgan fingerprint density at radius 1 is 1.39 bits per heavy atom. The average molecular weight is 383 g/mol. The van der Waals surface area contributed by atoms with Gasteiger partial charge in [0.25, 0.3) is 5.91 Å². The number of alkyl halides is 2. The minimum Gasteiger partial charge on any atom is -0.496 e. The summed E-state index contributed by atoms with van der Waals surface area (Å²) in [7, 11) is -0.943. The third-order valence-corrected chi connectivity index (χ3v) is 5.18. The molecule has 1 aromatic rings. The lowest BCUT2D eigenvalue weighted by atomic mass is 10.1. The van der Waals surface area contributed by atoms with Gasteiger partial charge in [0, 0.05) is 12.4 Å². The molecule has 0 aromatic heterocycles. The predicted molar refractivity (Wildman–Crippen MR) is 91.2 cm³/mol. The molecule has 0 radical (unpaired) electrons. The van der Waals surface area contributed by atoms with E-state index < -0.39 is 15.9 Å². The Hall–Kier alpha value is -1.02. The van der Waals surface area contributed by atoms with E-state index in [0.29, 0.717) is 12.3 Å². The Labute approximate surface area is 146 Å². The summed E-state index contributed by atoms with van der Waals surface area (Å²) in [6.07, 6.45) is 1.43. The fraction of sp³-hybridized carbons (Fsp3) is 0.500. The van der Waals surface area contributed by atoms with Crippen LogP contribution in [0.5, 0.6) is 5.75 Å². The second-order valence-corrected chi connectivity index (χ2v) is 7.59. The number of rotatable bonds is 9. The highest BCUT2D eigenvalue weighted by atomic mass is 35.5. The number of hydrogen-bond donors (Lipinski definition) is 2. The van der Waals surface area contributed by atoms with Gasteiger partial charge >= 0.3 is 0 Å². The Bertz CT molecular complexity index is 638. The van der Waals surface area contributed by atoms with E-state index >= 15 is 0 Å². The van der Waals surface area contributed by atoms with Crippen molar-refractivity contribution in [3.05, 3.63) is 23.8 Å². The molecule has 9 heteroatoms. The van der Waals surface area contributed by atoms with Crippen molar-refractivity contribution in [2.24, 2.45) is 0 Å². The number of nitrogens with one attached hydrogen (secondary N) is 2. The van der Waals surface area contributed by atoms with Crippen LogP contribution >= 0.6 is 23.2 Å². The predicted octanol–water partition coefficient (Wildman–Crippen LogP) is 1.96. The summed E-state index contributed by atoms with van der Waals surface area (Å²) < 4.78 is 31.0. The van der Waals surface area contributed by atoms with Gasteiger partial charge in [0.2, 0.25) is 10.0 Å². The van der Waals surface area contributed by atoms with Crippen LogP contribution in [0.15, 0.2) is 23.1 Å². The van der Waals surface area contributed by atoms with Crippen molar-refractivity contribution in [1.82, 2.24) is 10.0 Å². The summed E-state index contributed by atoms with van der Waals surface area (Å²) in [5.41, 5.74) is 0.130. The van der Waals surface area contributed by atoms with Crippen molar-refractivity contribution in [3.8, 4) is 5.75 Å². The Morgan fingerprint density at radius 2 is 2.09 bits per heavy atom. The molecule has 0 aliphatic carbocycles. The number of benzene rings is 1. The third kappa shape index (κ3) is 5.84. The summed E-state index contributed by atoms with van der Waals surface area (Å²) in [4.78, 5) is 12.3. The molecule has 0 fully saturated rings. The van der Waals surface area contributed by atoms with Crippen molar-refractivity contribution < 1.29 is 17.9 Å². The van der Waals surface area contributed by atoms with Crippen LogP contribution in [0.3, 0.4) is 0 Å². The number of hydrogen-bond acceptors (Lipinski definition) is 4. The Kier molecular flexibility index (Phi) is 8.11. The summed E-state index contributed by atoms with van der Waals surface area (Å²) in [5.74, 6) is 0.338. The molecule has 0 spiro atoms. The van der Waals surface area contributed by atoms with Gasteiger partial charge < -0.3 is 10.1 Å². The van der Waals surface area contributed by atoms with Gasteiger partial charge in [-0.2, -0.15) is 0 Å². The van der Waals surface area contributed by atoms with E-state index in [1.807, 2.05) is 0 Å². The van der Waals surface area contributed by atoms with Crippen LogP contribution in [0.1, 0.15) is 23.2 Å². The van der Waals surface area contributed by atoms with Gasteiger partial charge in [0.15, 0.2) is 0 Å². The van der Waals surface area contributed by atoms with Crippen LogP contribution in [0.25, 0.3) is 0 Å². The monoisotopic (exact) mass is 382 g/mol. The SMILES string of the molecule is CNS(=O)(=O)c1ccc(OC)c(C(=O)NCC(Cl)CCCCl)c1. The van der Waals surface area contributed by atoms with Crippen LogP contribution in [-0.2, 0) is 10.0 Å². The topological polar surface area (TPSA) is 84.5 Å². The zero-order chi connectivity index (χ0) is 17.5. The highest BCUT2D eigenvalue weighted by Crippen LogP contribution is 2.22. The lowest BCUT2D eigenvalue weighted by Gasteiger charge is -2.13. The zero-order valence-electron chi connectivity index (χ0n) is 12.9. The van der Waals surface area contributed by atoms with Gasteiger partial charge in [0.05, 0.1) is 22.9 Å². The van der Waals surface area contributed by atoms with E-state index in [-0.39, 0.29) is 28.1 Å². The third-order valence-electron chi connectivity index (χ3n) is 3.13. The molecule has 1 amide bonds. The quantitative estimate of drug-likeness (QED) is 0.639. The molecule has 1 rings (SSSR count). The molecule has 2 N–H and O–H groups in total. The number of methoxy groups -OCH3 is 1. The van der Waals surface area contributed by atoms with Crippen LogP contribution < -0.4 is 14.8 Å². The maximum Gasteiger partial charge on any atom is 0.255 e. The van der Waals surface area contributed by atoms with Gasteiger partial charge in [-0.15, -0.1) is 23.2 Å². The summed E-state index contributed by atoms with van der Waals surface area (Å²) in [6.45, 7) is 0.253. The summed E-state index contributed by atoms with van der Waals surface area (Å²) >= 11 is 11.7. The van der Waals surface area contributed by atoms with Crippen LogP contribution in [-0.4, -0.2) is 46.3 Å². The highest BCUT2D eigenvalue weighted by molar-refractivity contribution is 7.89. The molecule has 130 valence electrons. The molecular weight excluding hydrogens is 363 g/mol. The molecule has 0 saturated heterocycles. The smallest absolute Gasteiger partial charge is 0.255 e. The molecular formula is C14H20Cl2N2O4S. The Morgan fingerprint density at radius 3 is 2.65 bits per heavy atom. The first-order valence-corrected chi connectivity index (χ1v) is 9.41. The van der Waals surface area contributed by atoms with Gasteiger partial charge in [-0.1, -0.05) is 0 Å². The number of sulfonamides is 1. The van der Waals surface area contributed by atoms with E-state index in [0.717, 1.165) is 6.42 Å². The fourth-order valence-corrected chi connectivity index (χ4v) is 2.99. The maximum atomic E-state index is 12.3. The van der Waals surface area contributed by atoms with Gasteiger partial charge in [0.1, 0.15) is 5.75 Å². The van der Waals surface area contributed by atoms with Crippen LogP contribution in [0.4, 0.5) is 0 Å². The number of halogens is 2. The molecule has 1 aromatic carbocycles. The zero-order valence-corrected chi connectivity index (χ0v) is 15.3. The van der Waals surface area contributed by atoms with Crippen molar-refractivity contribution >= 4 is 39.1 Å². The number of amides is 1. The van der Waals surface area contributed by atoms with Crippen molar-refractivity contribution in [1.29, 1.82) is 0 Å². The largest absolute Gasteiger partial charge is 0.496 e. The van der Waals surface area contributed by atoms with Crippen LogP contribution in [0, 0.1) is 0 Å². The lowest BCUT2D eigenvalue weighted by molar-refractivity contribution is 0.0950. The van der Waals surface area contributed by atoms with E-state index in [1.54, 1.807) is 0 Å². The lowest BCUT2D eigenvalue weighted by Crippen LogP contribution is -2.30. The summed E-state index contributed by atoms with van der Waals surface area (Å²) in [6, 6.07) is 4.07. The highest BCUT2D eigenvalue weighted by Gasteiger charge is 2.19. The second kappa shape index (κ2) is 9.32. The molecule has 0 aliphatic heterocycles. The molecule has 6 nitrogen and oxygen atoms in total. The van der Waals surface area contributed by atoms with E-state index in [9.17, 15) is 13.2 Å². The molecule has 0 saturated carbocycles. The maximum absolute atomic E-state index is 12.3. The first-order valence-electron chi connectivity index (χ1n) is 6.95. The molecule has 1 atom stereocenters. The van der Waals surface area contributed by atoms with Crippen molar-refractivity contribution in [2.75, 3.05) is 26.6 Å². The second-order valence-electron chi connectivity index (χ2n) is 4.71. The van der Waals surface area contributed by atoms with Crippen molar-refractivity contribution in [3.63, 3.8) is 0 Å². The van der Waals surface area contributed by atoms with E-state index in [2.05, 4.69) is 10.0 Å². The van der Waals surface area contributed by atoms with Crippen molar-refractivity contribution in [2.45, 2.75) is 23.1 Å². The van der Waals surface area contributed by atoms with Gasteiger partial charge in [-0.3, -0.25) is 4.79 Å². The molecule has 1 unspecified atom stereocenters. The molecule has 0 aliphatic rings. The van der Waals surface area contributed by atoms with Gasteiger partial charge in [-0.05, 0) is 38.1 Å². The minimum atomic E-state index is -3.65. The average Bonchev–Trinajstić information content (AvgIpc) is 2.56. The normalized spacial score (nSPS) is 12.7. The van der Waals surface area contributed by atoms with Crippen LogP contribution in [0.2, 0.25) is 0 Å². The molecule has 0 bridgehead atoms. The Balaban J connectivity index is 2.92. The van der Waals surface area contributed by atoms with Gasteiger partial charge in [-0.25, -0.2) is 13.1 Å². The number of ether oxygens (including phenoxy) is 1. The first kappa shape index (κ1) is 20.0. The summed E-state index contributed by atoms with van der Waals surface area (Å²) in [5, 5.41) is 2.43. The molecule has 23 heavy (non-hydrogen) atoms. The molecule has 0 heterocycles.